The third kappa shape index (κ3) is 5.45. The molecule has 2 rings (SSSR count). The zero-order valence-corrected chi connectivity index (χ0v) is 15.2. The second-order valence-electron chi connectivity index (χ2n) is 5.90. The molecule has 1 fully saturated rings. The molecule has 0 aliphatic heterocycles. The summed E-state index contributed by atoms with van der Waals surface area (Å²) in [5.41, 5.74) is 5.86. The van der Waals surface area contributed by atoms with E-state index in [1.165, 1.54) is 0 Å². The van der Waals surface area contributed by atoms with Crippen LogP contribution in [0.15, 0.2) is 28.7 Å². The fraction of sp³-hybridized carbons (Fsp3) is 0.562. The van der Waals surface area contributed by atoms with Gasteiger partial charge >= 0.3 is 0 Å². The van der Waals surface area contributed by atoms with Gasteiger partial charge in [-0.2, -0.15) is 0 Å². The molecule has 6 heteroatoms. The van der Waals surface area contributed by atoms with Gasteiger partial charge in [-0.3, -0.25) is 4.79 Å². The molecule has 0 bridgehead atoms. The van der Waals surface area contributed by atoms with E-state index in [0.717, 1.165) is 35.9 Å². The summed E-state index contributed by atoms with van der Waals surface area (Å²) in [6.45, 7) is 2.94. The van der Waals surface area contributed by atoms with Crippen LogP contribution >= 0.6 is 28.3 Å². The van der Waals surface area contributed by atoms with E-state index in [-0.39, 0.29) is 29.8 Å². The van der Waals surface area contributed by atoms with Crippen molar-refractivity contribution in [1.29, 1.82) is 0 Å². The number of amides is 1. The van der Waals surface area contributed by atoms with Crippen molar-refractivity contribution in [2.24, 2.45) is 11.7 Å². The van der Waals surface area contributed by atoms with Gasteiger partial charge in [-0.05, 0) is 44.0 Å². The van der Waals surface area contributed by atoms with Crippen molar-refractivity contribution in [2.75, 3.05) is 13.2 Å². The highest BCUT2D eigenvalue weighted by Gasteiger charge is 2.37. The molecular formula is C16H24BrClN2O2. The lowest BCUT2D eigenvalue weighted by molar-refractivity contribution is -0.128. The third-order valence-corrected chi connectivity index (χ3v) is 4.58. The fourth-order valence-electron chi connectivity index (χ4n) is 2.79. The Morgan fingerprint density at radius 3 is 2.73 bits per heavy atom. The molecular weight excluding hydrogens is 368 g/mol. The van der Waals surface area contributed by atoms with Gasteiger partial charge in [0.15, 0.2) is 0 Å². The second kappa shape index (κ2) is 8.75. The Balaban J connectivity index is 0.00000242. The van der Waals surface area contributed by atoms with E-state index in [4.69, 9.17) is 10.5 Å². The topological polar surface area (TPSA) is 64.4 Å². The standard InChI is InChI=1S/C16H23BrN2O2.ClH/c1-16(18)9-3-2-4-14(16)15(20)19-10-11-21-13-7-5-12(17)6-8-13;/h5-8,14H,2-4,9-11,18H2,1H3,(H,19,20);1H. The molecule has 0 saturated heterocycles. The molecule has 1 amide bonds. The van der Waals surface area contributed by atoms with E-state index in [1.807, 2.05) is 31.2 Å². The Morgan fingerprint density at radius 1 is 1.41 bits per heavy atom. The highest BCUT2D eigenvalue weighted by molar-refractivity contribution is 9.10. The quantitative estimate of drug-likeness (QED) is 0.757. The third-order valence-electron chi connectivity index (χ3n) is 4.05. The SMILES string of the molecule is CC1(N)CCCCC1C(=O)NCCOc1ccc(Br)cc1.Cl. The first kappa shape index (κ1) is 19.3. The van der Waals surface area contributed by atoms with Crippen molar-refractivity contribution in [3.8, 4) is 5.75 Å². The molecule has 0 spiro atoms. The highest BCUT2D eigenvalue weighted by atomic mass is 79.9. The summed E-state index contributed by atoms with van der Waals surface area (Å²) >= 11 is 3.38. The largest absolute Gasteiger partial charge is 0.492 e. The van der Waals surface area contributed by atoms with Gasteiger partial charge in [0.2, 0.25) is 5.91 Å². The first-order valence-corrected chi connectivity index (χ1v) is 8.23. The maximum Gasteiger partial charge on any atom is 0.225 e. The summed E-state index contributed by atoms with van der Waals surface area (Å²) in [7, 11) is 0. The molecule has 22 heavy (non-hydrogen) atoms. The predicted octanol–water partition coefficient (Wildman–Crippen LogP) is 3.27. The van der Waals surface area contributed by atoms with E-state index in [9.17, 15) is 4.79 Å². The molecule has 1 aliphatic rings. The lowest BCUT2D eigenvalue weighted by Gasteiger charge is -2.37. The number of hydrogen-bond acceptors (Lipinski definition) is 3. The van der Waals surface area contributed by atoms with Crippen molar-refractivity contribution >= 4 is 34.2 Å². The number of ether oxygens (including phenoxy) is 1. The molecule has 0 heterocycles. The van der Waals surface area contributed by atoms with E-state index >= 15 is 0 Å². The van der Waals surface area contributed by atoms with Crippen molar-refractivity contribution in [3.05, 3.63) is 28.7 Å². The average Bonchev–Trinajstić information content (AvgIpc) is 2.45. The predicted molar refractivity (Wildman–Crippen MR) is 94.4 cm³/mol. The van der Waals surface area contributed by atoms with Crippen LogP contribution in [0.5, 0.6) is 5.75 Å². The smallest absolute Gasteiger partial charge is 0.225 e. The van der Waals surface area contributed by atoms with Crippen molar-refractivity contribution in [1.82, 2.24) is 5.32 Å². The van der Waals surface area contributed by atoms with Gasteiger partial charge in [0, 0.05) is 10.0 Å². The van der Waals surface area contributed by atoms with E-state index in [1.54, 1.807) is 0 Å². The molecule has 0 radical (unpaired) electrons. The van der Waals surface area contributed by atoms with Gasteiger partial charge in [-0.25, -0.2) is 0 Å². The molecule has 2 atom stereocenters. The van der Waals surface area contributed by atoms with E-state index in [0.29, 0.717) is 13.2 Å². The molecule has 124 valence electrons. The minimum absolute atomic E-state index is 0. The monoisotopic (exact) mass is 390 g/mol. The van der Waals surface area contributed by atoms with Crippen LogP contribution in [0.3, 0.4) is 0 Å². The Bertz CT molecular complexity index is 480. The summed E-state index contributed by atoms with van der Waals surface area (Å²) < 4.78 is 6.60. The molecule has 2 unspecified atom stereocenters. The van der Waals surface area contributed by atoms with Gasteiger partial charge < -0.3 is 15.8 Å². The van der Waals surface area contributed by atoms with Crippen LogP contribution in [-0.4, -0.2) is 24.6 Å². The van der Waals surface area contributed by atoms with Gasteiger partial charge in [-0.1, -0.05) is 28.8 Å². The van der Waals surface area contributed by atoms with Crippen molar-refractivity contribution in [3.63, 3.8) is 0 Å². The van der Waals surface area contributed by atoms with Crippen molar-refractivity contribution in [2.45, 2.75) is 38.1 Å². The normalized spacial score (nSPS) is 24.2. The highest BCUT2D eigenvalue weighted by Crippen LogP contribution is 2.31. The van der Waals surface area contributed by atoms with Crippen LogP contribution in [0.25, 0.3) is 0 Å². The molecule has 0 aromatic heterocycles. The Labute approximate surface area is 146 Å². The summed E-state index contributed by atoms with van der Waals surface area (Å²) in [6, 6.07) is 7.64. The van der Waals surface area contributed by atoms with Gasteiger partial charge in [-0.15, -0.1) is 12.4 Å². The summed E-state index contributed by atoms with van der Waals surface area (Å²) in [5, 5.41) is 2.94. The summed E-state index contributed by atoms with van der Waals surface area (Å²) in [4.78, 5) is 12.2. The lowest BCUT2D eigenvalue weighted by atomic mass is 9.74. The average molecular weight is 392 g/mol. The van der Waals surface area contributed by atoms with E-state index in [2.05, 4.69) is 21.2 Å². The lowest BCUT2D eigenvalue weighted by Crippen LogP contribution is -2.53. The second-order valence-corrected chi connectivity index (χ2v) is 6.81. The number of nitrogens with one attached hydrogen (secondary N) is 1. The van der Waals surface area contributed by atoms with Gasteiger partial charge in [0.1, 0.15) is 12.4 Å². The zero-order valence-electron chi connectivity index (χ0n) is 12.8. The Hall–Kier alpha value is -0.780. The fourth-order valence-corrected chi connectivity index (χ4v) is 3.05. The van der Waals surface area contributed by atoms with Gasteiger partial charge in [0.05, 0.1) is 12.5 Å². The molecule has 1 aromatic carbocycles. The number of hydrogen-bond donors (Lipinski definition) is 2. The molecule has 1 aliphatic carbocycles. The molecule has 4 nitrogen and oxygen atoms in total. The first-order chi connectivity index (χ1) is 9.99. The van der Waals surface area contributed by atoms with Gasteiger partial charge in [0.25, 0.3) is 0 Å². The molecule has 1 aromatic rings. The summed E-state index contributed by atoms with van der Waals surface area (Å²) in [6.07, 6.45) is 4.00. The Morgan fingerprint density at radius 2 is 2.09 bits per heavy atom. The summed E-state index contributed by atoms with van der Waals surface area (Å²) in [5.74, 6) is 0.770. The van der Waals surface area contributed by atoms with Crippen LogP contribution in [0.1, 0.15) is 32.6 Å². The number of benzene rings is 1. The number of nitrogens with two attached hydrogens (primary N) is 1. The minimum atomic E-state index is -0.380. The Kier molecular flexibility index (Phi) is 7.66. The number of carbonyl (C=O) groups is 1. The van der Waals surface area contributed by atoms with E-state index < -0.39 is 0 Å². The maximum absolute atomic E-state index is 12.2. The molecule has 1 saturated carbocycles. The number of rotatable bonds is 5. The maximum atomic E-state index is 12.2. The van der Waals surface area contributed by atoms with Crippen LogP contribution in [-0.2, 0) is 4.79 Å². The number of carbonyl (C=O) groups excluding carboxylic acids is 1. The van der Waals surface area contributed by atoms with Crippen LogP contribution < -0.4 is 15.8 Å². The van der Waals surface area contributed by atoms with Crippen molar-refractivity contribution < 1.29 is 9.53 Å². The number of halogens is 2. The van der Waals surface area contributed by atoms with Crippen LogP contribution in [0.4, 0.5) is 0 Å². The first-order valence-electron chi connectivity index (χ1n) is 7.44. The zero-order chi connectivity index (χ0) is 15.3. The van der Waals surface area contributed by atoms with Crippen LogP contribution in [0.2, 0.25) is 0 Å². The minimum Gasteiger partial charge on any atom is -0.492 e. The molecule has 3 N–H and O–H groups in total. The van der Waals surface area contributed by atoms with Crippen LogP contribution in [0, 0.1) is 5.92 Å².